The van der Waals surface area contributed by atoms with Crippen molar-refractivity contribution in [1.82, 2.24) is 4.57 Å². The monoisotopic (exact) mass is 285 g/mol. The summed E-state index contributed by atoms with van der Waals surface area (Å²) in [7, 11) is 1.63. The van der Waals surface area contributed by atoms with Crippen molar-refractivity contribution in [2.45, 2.75) is 18.9 Å². The van der Waals surface area contributed by atoms with Crippen molar-refractivity contribution in [3.63, 3.8) is 0 Å². The number of carbonyl (C=O) groups is 1. The van der Waals surface area contributed by atoms with E-state index in [-0.39, 0.29) is 11.5 Å². The Hall–Kier alpha value is -2.40. The molecule has 1 unspecified atom stereocenters. The fraction of sp³-hybridized carbons (Fsp3) is 0.250. The molecule has 0 saturated heterocycles. The molecule has 0 spiro atoms. The minimum atomic E-state index is -0.581. The molecular formula is C16H19N3O2. The summed E-state index contributed by atoms with van der Waals surface area (Å²) in [5.41, 5.74) is 7.50. The molecule has 0 saturated carbocycles. The van der Waals surface area contributed by atoms with Crippen molar-refractivity contribution < 1.29 is 4.79 Å². The lowest BCUT2D eigenvalue weighted by Gasteiger charge is -2.12. The van der Waals surface area contributed by atoms with Gasteiger partial charge in [-0.05, 0) is 24.5 Å². The molecule has 5 nitrogen and oxygen atoms in total. The van der Waals surface area contributed by atoms with Gasteiger partial charge in [0.15, 0.2) is 0 Å². The Labute approximate surface area is 123 Å². The molecule has 1 amide bonds. The summed E-state index contributed by atoms with van der Waals surface area (Å²) in [4.78, 5) is 23.3. The van der Waals surface area contributed by atoms with Gasteiger partial charge in [0.05, 0.1) is 11.7 Å². The number of nitrogens with two attached hydrogens (primary N) is 1. The first-order valence-corrected chi connectivity index (χ1v) is 6.83. The third kappa shape index (κ3) is 4.29. The van der Waals surface area contributed by atoms with Gasteiger partial charge in [-0.15, -0.1) is 0 Å². The Bertz CT molecular complexity index is 665. The maximum absolute atomic E-state index is 12.0. The number of nitrogens with zero attached hydrogens (tertiary/aromatic N) is 1. The zero-order chi connectivity index (χ0) is 15.2. The molecular weight excluding hydrogens is 266 g/mol. The molecule has 2 rings (SSSR count). The summed E-state index contributed by atoms with van der Waals surface area (Å²) >= 11 is 0. The van der Waals surface area contributed by atoms with Crippen LogP contribution in [0.1, 0.15) is 12.0 Å². The van der Waals surface area contributed by atoms with E-state index in [1.807, 2.05) is 30.3 Å². The molecule has 0 bridgehead atoms. The third-order valence-electron chi connectivity index (χ3n) is 3.28. The van der Waals surface area contributed by atoms with Gasteiger partial charge in [-0.2, -0.15) is 0 Å². The third-order valence-corrected chi connectivity index (χ3v) is 3.28. The summed E-state index contributed by atoms with van der Waals surface area (Å²) in [6.45, 7) is 0. The lowest BCUT2D eigenvalue weighted by Crippen LogP contribution is -2.36. The van der Waals surface area contributed by atoms with E-state index in [2.05, 4.69) is 5.32 Å². The zero-order valence-electron chi connectivity index (χ0n) is 12.0. The average molecular weight is 285 g/mol. The van der Waals surface area contributed by atoms with Gasteiger partial charge in [-0.1, -0.05) is 30.3 Å². The minimum Gasteiger partial charge on any atom is -0.323 e. The van der Waals surface area contributed by atoms with Gasteiger partial charge < -0.3 is 15.6 Å². The molecule has 1 aromatic carbocycles. The van der Waals surface area contributed by atoms with Crippen LogP contribution in [0.5, 0.6) is 0 Å². The van der Waals surface area contributed by atoms with Gasteiger partial charge in [0.25, 0.3) is 0 Å². The number of pyridine rings is 1. The molecule has 0 aliphatic rings. The first kappa shape index (κ1) is 15.0. The number of aromatic nitrogens is 1. The van der Waals surface area contributed by atoms with Gasteiger partial charge in [0.2, 0.25) is 11.5 Å². The quantitative estimate of drug-likeness (QED) is 0.869. The predicted molar refractivity (Wildman–Crippen MR) is 83.1 cm³/mol. The zero-order valence-corrected chi connectivity index (χ0v) is 12.0. The fourth-order valence-electron chi connectivity index (χ4n) is 2.00. The largest absolute Gasteiger partial charge is 0.323 e. The number of hydrogen-bond acceptors (Lipinski definition) is 3. The molecule has 0 aliphatic heterocycles. The van der Waals surface area contributed by atoms with Crippen molar-refractivity contribution in [2.75, 3.05) is 5.32 Å². The first-order chi connectivity index (χ1) is 10.1. The smallest absolute Gasteiger partial charge is 0.250 e. The maximum Gasteiger partial charge on any atom is 0.250 e. The topological polar surface area (TPSA) is 77.1 Å². The van der Waals surface area contributed by atoms with E-state index >= 15 is 0 Å². The normalized spacial score (nSPS) is 11.9. The molecule has 0 radical (unpaired) electrons. The molecule has 2 aromatic rings. The van der Waals surface area contributed by atoms with E-state index in [1.165, 1.54) is 10.6 Å². The number of benzene rings is 1. The standard InChI is InChI=1S/C16H19N3O2/c1-19-11-13(8-10-15(19)20)18-16(21)14(17)9-7-12-5-3-2-4-6-12/h2-6,8,10-11,14H,7,9,17H2,1H3,(H,18,21). The van der Waals surface area contributed by atoms with E-state index in [1.54, 1.807) is 19.3 Å². The Kier molecular flexibility index (Phi) is 4.90. The van der Waals surface area contributed by atoms with Gasteiger partial charge in [0.1, 0.15) is 0 Å². The highest BCUT2D eigenvalue weighted by Crippen LogP contribution is 2.07. The van der Waals surface area contributed by atoms with Crippen LogP contribution in [0.2, 0.25) is 0 Å². The first-order valence-electron chi connectivity index (χ1n) is 6.83. The number of rotatable bonds is 5. The van der Waals surface area contributed by atoms with Crippen molar-refractivity contribution in [1.29, 1.82) is 0 Å². The van der Waals surface area contributed by atoms with Gasteiger partial charge in [-0.3, -0.25) is 9.59 Å². The summed E-state index contributed by atoms with van der Waals surface area (Å²) in [6.07, 6.45) is 2.90. The fourth-order valence-corrected chi connectivity index (χ4v) is 2.00. The Morgan fingerprint density at radius 3 is 2.62 bits per heavy atom. The lowest BCUT2D eigenvalue weighted by atomic mass is 10.1. The number of aryl methyl sites for hydroxylation is 2. The minimum absolute atomic E-state index is 0.124. The Morgan fingerprint density at radius 1 is 1.24 bits per heavy atom. The molecule has 3 N–H and O–H groups in total. The number of amides is 1. The number of carbonyl (C=O) groups excluding carboxylic acids is 1. The SMILES string of the molecule is Cn1cc(NC(=O)C(N)CCc2ccccc2)ccc1=O. The van der Waals surface area contributed by atoms with E-state index in [4.69, 9.17) is 5.73 Å². The van der Waals surface area contributed by atoms with Crippen molar-refractivity contribution in [2.24, 2.45) is 12.8 Å². The predicted octanol–water partition coefficient (Wildman–Crippen LogP) is 1.28. The molecule has 1 aromatic heterocycles. The van der Waals surface area contributed by atoms with Crippen LogP contribution >= 0.6 is 0 Å². The van der Waals surface area contributed by atoms with Crippen molar-refractivity contribution in [3.8, 4) is 0 Å². The molecule has 1 heterocycles. The highest BCUT2D eigenvalue weighted by molar-refractivity contribution is 5.94. The van der Waals surface area contributed by atoms with Crippen LogP contribution in [0.15, 0.2) is 53.5 Å². The van der Waals surface area contributed by atoms with Gasteiger partial charge >= 0.3 is 0 Å². The second-order valence-corrected chi connectivity index (χ2v) is 4.99. The second kappa shape index (κ2) is 6.85. The van der Waals surface area contributed by atoms with Crippen molar-refractivity contribution in [3.05, 3.63) is 64.6 Å². The van der Waals surface area contributed by atoms with Crippen molar-refractivity contribution >= 4 is 11.6 Å². The summed E-state index contributed by atoms with van der Waals surface area (Å²) in [6, 6.07) is 12.3. The van der Waals surface area contributed by atoms with Crippen LogP contribution in [0.3, 0.4) is 0 Å². The van der Waals surface area contributed by atoms with Crippen LogP contribution < -0.4 is 16.6 Å². The van der Waals surface area contributed by atoms with Gasteiger partial charge in [-0.25, -0.2) is 0 Å². The Balaban J connectivity index is 1.90. The number of nitrogens with one attached hydrogen (secondary N) is 1. The van der Waals surface area contributed by atoms with Crippen LogP contribution in [0, 0.1) is 0 Å². The second-order valence-electron chi connectivity index (χ2n) is 4.99. The van der Waals surface area contributed by atoms with E-state index < -0.39 is 6.04 Å². The molecule has 0 fully saturated rings. The summed E-state index contributed by atoms with van der Waals surface area (Å²) in [5.74, 6) is -0.246. The van der Waals surface area contributed by atoms with Gasteiger partial charge in [0, 0.05) is 19.3 Å². The van der Waals surface area contributed by atoms with Crippen LogP contribution in [-0.4, -0.2) is 16.5 Å². The Morgan fingerprint density at radius 2 is 1.95 bits per heavy atom. The van der Waals surface area contributed by atoms with Crippen LogP contribution in [-0.2, 0) is 18.3 Å². The molecule has 110 valence electrons. The highest BCUT2D eigenvalue weighted by Gasteiger charge is 2.13. The van der Waals surface area contributed by atoms with Crippen LogP contribution in [0.4, 0.5) is 5.69 Å². The maximum atomic E-state index is 12.0. The summed E-state index contributed by atoms with van der Waals surface area (Å²) < 4.78 is 1.41. The molecule has 5 heteroatoms. The molecule has 1 atom stereocenters. The average Bonchev–Trinajstić information content (AvgIpc) is 2.49. The summed E-state index contributed by atoms with van der Waals surface area (Å²) in [5, 5.41) is 2.72. The van der Waals surface area contributed by atoms with E-state index in [9.17, 15) is 9.59 Å². The van der Waals surface area contributed by atoms with E-state index in [0.29, 0.717) is 12.1 Å². The highest BCUT2D eigenvalue weighted by atomic mass is 16.2. The molecule has 0 aliphatic carbocycles. The number of anilines is 1. The van der Waals surface area contributed by atoms with Crippen LogP contribution in [0.25, 0.3) is 0 Å². The van der Waals surface area contributed by atoms with E-state index in [0.717, 1.165) is 12.0 Å². The number of hydrogen-bond donors (Lipinski definition) is 2. The molecule has 21 heavy (non-hydrogen) atoms. The lowest BCUT2D eigenvalue weighted by molar-refractivity contribution is -0.117.